The molecule has 0 saturated carbocycles. The maximum Gasteiger partial charge on any atom is 0.362 e. The minimum Gasteiger partial charge on any atom is -0.481 e. The van der Waals surface area contributed by atoms with Crippen LogP contribution in [0.25, 0.3) is 0 Å². The number of esters is 1. The number of carboxylic acids is 1. The molecule has 1 aromatic carbocycles. The first-order chi connectivity index (χ1) is 9.65. The van der Waals surface area contributed by atoms with E-state index in [1.54, 1.807) is 18.2 Å². The van der Waals surface area contributed by atoms with Crippen molar-refractivity contribution in [2.45, 2.75) is 12.8 Å². The van der Waals surface area contributed by atoms with Gasteiger partial charge in [0.1, 0.15) is 5.75 Å². The molecule has 1 aliphatic heterocycles. The second-order valence-corrected chi connectivity index (χ2v) is 4.55. The van der Waals surface area contributed by atoms with Crippen molar-refractivity contribution in [3.05, 3.63) is 58.9 Å². The minimum atomic E-state index is -0.964. The summed E-state index contributed by atoms with van der Waals surface area (Å²) in [6.07, 6.45) is 1.85. The normalized spacial score (nSPS) is 12.9. The molecular weight excluding hydrogens is 258 g/mol. The number of carbonyl (C=O) groups is 2. The molecule has 0 spiro atoms. The molecule has 20 heavy (non-hydrogen) atoms. The lowest BCUT2D eigenvalue weighted by Crippen LogP contribution is -2.12. The molecule has 2 heterocycles. The summed E-state index contributed by atoms with van der Waals surface area (Å²) in [5, 5.41) is 8.93. The Morgan fingerprint density at radius 1 is 1.25 bits per heavy atom. The molecule has 5 nitrogen and oxygen atoms in total. The predicted molar refractivity (Wildman–Crippen MR) is 69.8 cm³/mol. The average Bonchev–Trinajstić information content (AvgIpc) is 2.56. The monoisotopic (exact) mass is 269 g/mol. The van der Waals surface area contributed by atoms with E-state index in [1.807, 2.05) is 12.1 Å². The number of aromatic nitrogens is 1. The van der Waals surface area contributed by atoms with Crippen LogP contribution < -0.4 is 4.74 Å². The van der Waals surface area contributed by atoms with Gasteiger partial charge in [-0.25, -0.2) is 9.78 Å². The number of aliphatic carboxylic acids is 1. The highest BCUT2D eigenvalue weighted by molar-refractivity contribution is 5.92. The highest BCUT2D eigenvalue weighted by Crippen LogP contribution is 2.31. The zero-order chi connectivity index (χ0) is 14.1. The van der Waals surface area contributed by atoms with E-state index in [0.29, 0.717) is 17.7 Å². The van der Waals surface area contributed by atoms with Crippen LogP contribution in [0.15, 0.2) is 36.5 Å². The van der Waals surface area contributed by atoms with Crippen molar-refractivity contribution in [1.82, 2.24) is 4.98 Å². The molecule has 0 radical (unpaired) electrons. The van der Waals surface area contributed by atoms with Crippen LogP contribution in [0.4, 0.5) is 0 Å². The van der Waals surface area contributed by atoms with Gasteiger partial charge < -0.3 is 9.84 Å². The summed E-state index contributed by atoms with van der Waals surface area (Å²) in [5.74, 6) is -1.16. The van der Waals surface area contributed by atoms with Gasteiger partial charge in [-0.15, -0.1) is 0 Å². The summed E-state index contributed by atoms with van der Waals surface area (Å²) in [5.41, 5.74) is 2.36. The fraction of sp³-hybridized carbons (Fsp3) is 0.133. The molecule has 5 heteroatoms. The van der Waals surface area contributed by atoms with E-state index in [0.717, 1.165) is 11.1 Å². The molecule has 100 valence electrons. The summed E-state index contributed by atoms with van der Waals surface area (Å²) in [6, 6.07) is 8.84. The van der Waals surface area contributed by atoms with Crippen LogP contribution in [-0.2, 0) is 17.6 Å². The second kappa shape index (κ2) is 4.77. The largest absolute Gasteiger partial charge is 0.481 e. The lowest BCUT2D eigenvalue weighted by atomic mass is 10.0. The number of benzene rings is 1. The lowest BCUT2D eigenvalue weighted by Gasteiger charge is -2.09. The van der Waals surface area contributed by atoms with Gasteiger partial charge in [0.25, 0.3) is 0 Å². The van der Waals surface area contributed by atoms with Crippen LogP contribution in [-0.4, -0.2) is 22.0 Å². The van der Waals surface area contributed by atoms with Crippen LogP contribution in [0.1, 0.15) is 27.2 Å². The van der Waals surface area contributed by atoms with E-state index in [-0.39, 0.29) is 12.1 Å². The molecule has 1 aromatic heterocycles. The molecule has 0 unspecified atom stereocenters. The van der Waals surface area contributed by atoms with Gasteiger partial charge in [0.15, 0.2) is 5.69 Å². The number of ether oxygens (including phenoxy) is 1. The number of nitrogens with zero attached hydrogens (tertiary/aromatic N) is 1. The van der Waals surface area contributed by atoms with Gasteiger partial charge in [0, 0.05) is 18.2 Å². The Hall–Kier alpha value is -2.69. The van der Waals surface area contributed by atoms with Crippen molar-refractivity contribution in [2.24, 2.45) is 0 Å². The van der Waals surface area contributed by atoms with Gasteiger partial charge in [0.05, 0.1) is 6.42 Å². The summed E-state index contributed by atoms with van der Waals surface area (Å²) in [4.78, 5) is 27.0. The minimum absolute atomic E-state index is 0.180. The molecule has 1 aliphatic rings. The Morgan fingerprint density at radius 2 is 2.05 bits per heavy atom. The lowest BCUT2D eigenvalue weighted by molar-refractivity contribution is -0.136. The van der Waals surface area contributed by atoms with Crippen molar-refractivity contribution in [2.75, 3.05) is 0 Å². The summed E-state index contributed by atoms with van der Waals surface area (Å²) < 4.78 is 5.35. The smallest absolute Gasteiger partial charge is 0.362 e. The van der Waals surface area contributed by atoms with Crippen molar-refractivity contribution in [3.8, 4) is 5.75 Å². The number of hydrogen-bond donors (Lipinski definition) is 1. The Kier molecular flexibility index (Phi) is 2.95. The van der Waals surface area contributed by atoms with Crippen molar-refractivity contribution >= 4 is 11.9 Å². The van der Waals surface area contributed by atoms with Gasteiger partial charge in [-0.1, -0.05) is 24.3 Å². The number of hydrogen-bond acceptors (Lipinski definition) is 4. The first kappa shape index (κ1) is 12.3. The first-order valence-electron chi connectivity index (χ1n) is 6.14. The van der Waals surface area contributed by atoms with E-state index < -0.39 is 11.9 Å². The molecule has 2 aromatic rings. The number of pyridine rings is 1. The maximum atomic E-state index is 12.1. The predicted octanol–water partition coefficient (Wildman–Crippen LogP) is 1.83. The average molecular weight is 269 g/mol. The van der Waals surface area contributed by atoms with Crippen molar-refractivity contribution in [3.63, 3.8) is 0 Å². The fourth-order valence-corrected chi connectivity index (χ4v) is 2.32. The van der Waals surface area contributed by atoms with Gasteiger partial charge in [-0.3, -0.25) is 4.79 Å². The van der Waals surface area contributed by atoms with E-state index in [4.69, 9.17) is 9.84 Å². The molecule has 0 bridgehead atoms. The highest BCUT2D eigenvalue weighted by atomic mass is 16.5. The summed E-state index contributed by atoms with van der Waals surface area (Å²) >= 11 is 0. The Balaban J connectivity index is 2.11. The molecule has 0 amide bonds. The van der Waals surface area contributed by atoms with Crippen LogP contribution in [0.2, 0.25) is 0 Å². The van der Waals surface area contributed by atoms with Gasteiger partial charge in [0.2, 0.25) is 0 Å². The standard InChI is InChI=1S/C15H11NO4/c17-12(18)8-11-4-1-3-10-7-9-5-2-6-16-13(9)15(19)20-14(10)11/h1-6H,7-8H2,(H,17,18). The Morgan fingerprint density at radius 3 is 2.85 bits per heavy atom. The molecule has 0 aliphatic carbocycles. The van der Waals surface area contributed by atoms with Crippen LogP contribution in [0, 0.1) is 0 Å². The summed E-state index contributed by atoms with van der Waals surface area (Å²) in [7, 11) is 0. The van der Waals surface area contributed by atoms with Crippen LogP contribution >= 0.6 is 0 Å². The number of rotatable bonds is 2. The van der Waals surface area contributed by atoms with Gasteiger partial charge >= 0.3 is 11.9 Å². The molecular formula is C15H11NO4. The molecule has 0 saturated heterocycles. The third kappa shape index (κ3) is 2.14. The van der Waals surface area contributed by atoms with E-state index in [9.17, 15) is 9.59 Å². The first-order valence-corrected chi connectivity index (χ1v) is 6.14. The Labute approximate surface area is 114 Å². The molecule has 3 rings (SSSR count). The summed E-state index contributed by atoms with van der Waals surface area (Å²) in [6.45, 7) is 0. The topological polar surface area (TPSA) is 76.5 Å². The zero-order valence-electron chi connectivity index (χ0n) is 10.5. The third-order valence-corrected chi connectivity index (χ3v) is 3.18. The second-order valence-electron chi connectivity index (χ2n) is 4.55. The van der Waals surface area contributed by atoms with Crippen LogP contribution in [0.3, 0.4) is 0 Å². The number of fused-ring (bicyclic) bond motifs is 2. The van der Waals surface area contributed by atoms with Crippen LogP contribution in [0.5, 0.6) is 5.75 Å². The van der Waals surface area contributed by atoms with Crippen molar-refractivity contribution < 1.29 is 19.4 Å². The van der Waals surface area contributed by atoms with E-state index in [1.165, 1.54) is 6.20 Å². The van der Waals surface area contributed by atoms with Gasteiger partial charge in [-0.2, -0.15) is 0 Å². The third-order valence-electron chi connectivity index (χ3n) is 3.18. The van der Waals surface area contributed by atoms with Crippen molar-refractivity contribution in [1.29, 1.82) is 0 Å². The zero-order valence-corrected chi connectivity index (χ0v) is 10.5. The fourth-order valence-electron chi connectivity index (χ4n) is 2.32. The number of carbonyl (C=O) groups excluding carboxylic acids is 1. The quantitative estimate of drug-likeness (QED) is 0.665. The SMILES string of the molecule is O=C(O)Cc1cccc2c1OC(=O)c1ncccc1C2. The number of carboxylic acid groups (broad SMARTS) is 1. The van der Waals surface area contributed by atoms with E-state index in [2.05, 4.69) is 4.98 Å². The molecule has 0 atom stereocenters. The highest BCUT2D eigenvalue weighted by Gasteiger charge is 2.24. The maximum absolute atomic E-state index is 12.1. The number of para-hydroxylation sites is 1. The Bertz CT molecular complexity index is 709. The molecule has 1 N–H and O–H groups in total. The van der Waals surface area contributed by atoms with E-state index >= 15 is 0 Å². The van der Waals surface area contributed by atoms with Gasteiger partial charge in [-0.05, 0) is 17.2 Å². The molecule has 0 fully saturated rings.